The van der Waals surface area contributed by atoms with Crippen LogP contribution in [0.1, 0.15) is 16.1 Å². The summed E-state index contributed by atoms with van der Waals surface area (Å²) < 4.78 is 46.4. The average Bonchev–Trinajstić information content (AvgIpc) is 2.77. The highest BCUT2D eigenvalue weighted by Gasteiger charge is 2.35. The zero-order valence-electron chi connectivity index (χ0n) is 9.27. The molecule has 2 N–H and O–H groups in total. The number of benzene rings is 1. The van der Waals surface area contributed by atoms with Gasteiger partial charge in [-0.3, -0.25) is 4.79 Å². The molecule has 0 aliphatic heterocycles. The molecular formula is C11H7F3N2O3. The highest BCUT2D eigenvalue weighted by Crippen LogP contribution is 2.31. The van der Waals surface area contributed by atoms with E-state index in [1.54, 1.807) is 0 Å². The molecule has 2 rings (SSSR count). The largest absolute Gasteiger partial charge is 0.436 e. The van der Waals surface area contributed by atoms with Crippen LogP contribution in [0.4, 0.5) is 13.2 Å². The van der Waals surface area contributed by atoms with E-state index in [4.69, 9.17) is 10.5 Å². The molecular weight excluding hydrogens is 265 g/mol. The maximum absolute atomic E-state index is 12.3. The van der Waals surface area contributed by atoms with Crippen LogP contribution in [0, 0.1) is 0 Å². The maximum atomic E-state index is 12.3. The molecule has 1 aromatic carbocycles. The second-order valence-electron chi connectivity index (χ2n) is 3.46. The number of nitrogens with two attached hydrogens (primary N) is 1. The van der Waals surface area contributed by atoms with Crippen LogP contribution in [0.5, 0.6) is 11.8 Å². The van der Waals surface area contributed by atoms with Crippen molar-refractivity contribution in [2.75, 3.05) is 0 Å². The maximum Gasteiger partial charge on any atom is 0.436 e. The summed E-state index contributed by atoms with van der Waals surface area (Å²) in [6.07, 6.45) is -4.84. The summed E-state index contributed by atoms with van der Waals surface area (Å²) in [6.45, 7) is 0. The molecule has 8 heteroatoms. The van der Waals surface area contributed by atoms with Crippen molar-refractivity contribution in [2.45, 2.75) is 6.18 Å². The van der Waals surface area contributed by atoms with Gasteiger partial charge in [-0.25, -0.2) is 0 Å². The van der Waals surface area contributed by atoms with E-state index in [1.807, 2.05) is 0 Å². The van der Waals surface area contributed by atoms with Crippen LogP contribution >= 0.6 is 0 Å². The predicted octanol–water partition coefficient (Wildman–Crippen LogP) is 2.58. The van der Waals surface area contributed by atoms with Crippen molar-refractivity contribution in [3.63, 3.8) is 0 Å². The Hall–Kier alpha value is -2.51. The van der Waals surface area contributed by atoms with Gasteiger partial charge in [-0.1, -0.05) is 12.1 Å². The summed E-state index contributed by atoms with van der Waals surface area (Å²) in [7, 11) is 0. The van der Waals surface area contributed by atoms with Crippen LogP contribution in [0.3, 0.4) is 0 Å². The van der Waals surface area contributed by atoms with E-state index < -0.39 is 23.9 Å². The van der Waals surface area contributed by atoms with E-state index in [9.17, 15) is 18.0 Å². The summed E-state index contributed by atoms with van der Waals surface area (Å²) in [5.74, 6) is -0.816. The van der Waals surface area contributed by atoms with Gasteiger partial charge in [-0.15, -0.1) is 0 Å². The molecule has 0 bridgehead atoms. The minimum atomic E-state index is -4.63. The molecule has 19 heavy (non-hydrogen) atoms. The molecule has 100 valence electrons. The third-order valence-electron chi connectivity index (χ3n) is 2.12. The summed E-state index contributed by atoms with van der Waals surface area (Å²) in [6, 6.07) is 5.78. The first-order chi connectivity index (χ1) is 8.88. The van der Waals surface area contributed by atoms with Gasteiger partial charge >= 0.3 is 12.3 Å². The molecule has 0 fully saturated rings. The quantitative estimate of drug-likeness (QED) is 0.931. The number of rotatable bonds is 3. The number of para-hydroxylation sites is 1. The number of carbonyl (C=O) groups is 1. The van der Waals surface area contributed by atoms with E-state index in [2.05, 4.69) is 9.40 Å². The number of hydrogen-bond donors (Lipinski definition) is 1. The average molecular weight is 272 g/mol. The number of halogens is 3. The van der Waals surface area contributed by atoms with Crippen molar-refractivity contribution >= 4 is 5.91 Å². The number of oxazole rings is 1. The molecule has 0 aliphatic carbocycles. The summed E-state index contributed by atoms with van der Waals surface area (Å²) in [4.78, 5) is 14.2. The molecule has 0 saturated carbocycles. The molecule has 0 unspecified atom stereocenters. The summed E-state index contributed by atoms with van der Waals surface area (Å²) in [5.41, 5.74) is 3.88. The fraction of sp³-hybridized carbons (Fsp3) is 0.0909. The number of alkyl halides is 3. The van der Waals surface area contributed by atoms with Crippen LogP contribution in [0.2, 0.25) is 0 Å². The van der Waals surface area contributed by atoms with Gasteiger partial charge in [0.15, 0.2) is 5.69 Å². The van der Waals surface area contributed by atoms with Gasteiger partial charge in [-0.05, 0) is 12.1 Å². The van der Waals surface area contributed by atoms with Gasteiger partial charge in [0.25, 0.3) is 5.91 Å². The summed E-state index contributed by atoms with van der Waals surface area (Å²) >= 11 is 0. The first-order valence-electron chi connectivity index (χ1n) is 4.97. The van der Waals surface area contributed by atoms with Crippen LogP contribution in [0.15, 0.2) is 34.9 Å². The molecule has 0 radical (unpaired) electrons. The highest BCUT2D eigenvalue weighted by molar-refractivity contribution is 5.95. The number of nitrogens with zero attached hydrogens (tertiary/aromatic N) is 1. The fourth-order valence-corrected chi connectivity index (χ4v) is 1.29. The van der Waals surface area contributed by atoms with Crippen LogP contribution in [0.25, 0.3) is 0 Å². The van der Waals surface area contributed by atoms with Crippen molar-refractivity contribution in [3.8, 4) is 11.8 Å². The molecule has 0 atom stereocenters. The third kappa shape index (κ3) is 2.84. The fourth-order valence-electron chi connectivity index (χ4n) is 1.29. The Labute approximate surface area is 104 Å². The molecule has 2 aromatic rings. The first-order valence-corrected chi connectivity index (χ1v) is 4.97. The Bertz CT molecular complexity index is 607. The molecule has 5 nitrogen and oxygen atoms in total. The highest BCUT2D eigenvalue weighted by atomic mass is 19.4. The Morgan fingerprint density at radius 3 is 2.58 bits per heavy atom. The Kier molecular flexibility index (Phi) is 3.16. The number of carbonyl (C=O) groups excluding carboxylic acids is 1. The zero-order chi connectivity index (χ0) is 14.0. The molecule has 0 aliphatic rings. The number of ether oxygens (including phenoxy) is 1. The number of amides is 1. The Morgan fingerprint density at radius 1 is 1.32 bits per heavy atom. The molecule has 1 heterocycles. The van der Waals surface area contributed by atoms with Gasteiger partial charge in [0.2, 0.25) is 0 Å². The Morgan fingerprint density at radius 2 is 2.00 bits per heavy atom. The molecule has 1 aromatic heterocycles. The van der Waals surface area contributed by atoms with Gasteiger partial charge in [-0.2, -0.15) is 18.2 Å². The lowest BCUT2D eigenvalue weighted by atomic mass is 10.2. The minimum absolute atomic E-state index is 0.00857. The number of primary amides is 1. The molecule has 0 saturated heterocycles. The monoisotopic (exact) mass is 272 g/mol. The van der Waals surface area contributed by atoms with E-state index in [-0.39, 0.29) is 11.3 Å². The zero-order valence-corrected chi connectivity index (χ0v) is 9.27. The first kappa shape index (κ1) is 12.9. The van der Waals surface area contributed by atoms with E-state index >= 15 is 0 Å². The lowest BCUT2D eigenvalue weighted by Gasteiger charge is -2.04. The number of aromatic nitrogens is 1. The van der Waals surface area contributed by atoms with Crippen molar-refractivity contribution in [1.29, 1.82) is 0 Å². The van der Waals surface area contributed by atoms with Gasteiger partial charge in [0.1, 0.15) is 12.0 Å². The minimum Gasteiger partial charge on any atom is -0.417 e. The van der Waals surface area contributed by atoms with Crippen molar-refractivity contribution in [1.82, 2.24) is 4.98 Å². The predicted molar refractivity (Wildman–Crippen MR) is 56.5 cm³/mol. The van der Waals surface area contributed by atoms with Gasteiger partial charge in [0.05, 0.1) is 5.56 Å². The summed E-state index contributed by atoms with van der Waals surface area (Å²) in [5, 5.41) is 0. The van der Waals surface area contributed by atoms with Crippen LogP contribution < -0.4 is 10.5 Å². The molecule has 0 spiro atoms. The van der Waals surface area contributed by atoms with Crippen LogP contribution in [-0.4, -0.2) is 10.9 Å². The third-order valence-corrected chi connectivity index (χ3v) is 2.12. The normalized spacial score (nSPS) is 11.3. The second-order valence-corrected chi connectivity index (χ2v) is 3.46. The topological polar surface area (TPSA) is 78.4 Å². The van der Waals surface area contributed by atoms with Gasteiger partial charge in [0, 0.05) is 0 Å². The standard InChI is InChI=1S/C11H7F3N2O3/c12-11(13,14)8-5-18-10(16-8)19-7-4-2-1-3-6(7)9(15)17/h1-5H,(H2,15,17). The molecule has 1 amide bonds. The van der Waals surface area contributed by atoms with Gasteiger partial charge < -0.3 is 14.9 Å². The van der Waals surface area contributed by atoms with E-state index in [0.29, 0.717) is 6.26 Å². The van der Waals surface area contributed by atoms with Crippen molar-refractivity contribution in [2.24, 2.45) is 5.73 Å². The lowest BCUT2D eigenvalue weighted by molar-refractivity contribution is -0.141. The van der Waals surface area contributed by atoms with Crippen LogP contribution in [-0.2, 0) is 6.18 Å². The van der Waals surface area contributed by atoms with Crippen molar-refractivity contribution in [3.05, 3.63) is 41.8 Å². The van der Waals surface area contributed by atoms with Crippen molar-refractivity contribution < 1.29 is 27.1 Å². The Balaban J connectivity index is 2.27. The number of hydrogen-bond acceptors (Lipinski definition) is 4. The van der Waals surface area contributed by atoms with E-state index in [0.717, 1.165) is 0 Å². The van der Waals surface area contributed by atoms with E-state index in [1.165, 1.54) is 24.3 Å². The lowest BCUT2D eigenvalue weighted by Crippen LogP contribution is -2.12. The SMILES string of the molecule is NC(=O)c1ccccc1Oc1nc(C(F)(F)F)co1. The smallest absolute Gasteiger partial charge is 0.417 e. The second kappa shape index (κ2) is 4.63.